The monoisotopic (exact) mass is 269 g/mol. The number of nitrogens with zero attached hydrogens (tertiary/aromatic N) is 1. The zero-order valence-electron chi connectivity index (χ0n) is 10.4. The summed E-state index contributed by atoms with van der Waals surface area (Å²) in [6, 6.07) is 4.63. The maximum atomic E-state index is 11.8. The number of rotatable bonds is 4. The van der Waals surface area contributed by atoms with Gasteiger partial charge >= 0.3 is 0 Å². The summed E-state index contributed by atoms with van der Waals surface area (Å²) in [6.07, 6.45) is 0. The normalized spacial score (nSPS) is 9.94. The second kappa shape index (κ2) is 6.26. The number of amides is 2. The van der Waals surface area contributed by atoms with Crippen molar-refractivity contribution in [1.29, 1.82) is 0 Å². The number of hydrogen-bond acceptors (Lipinski definition) is 3. The third-order valence-corrected chi connectivity index (χ3v) is 2.86. The topological polar surface area (TPSA) is 75.4 Å². The molecule has 0 saturated heterocycles. The van der Waals surface area contributed by atoms with Crippen molar-refractivity contribution in [2.45, 2.75) is 6.92 Å². The molecule has 0 radical (unpaired) electrons. The van der Waals surface area contributed by atoms with Crippen LogP contribution >= 0.6 is 11.6 Å². The fourth-order valence-corrected chi connectivity index (χ4v) is 1.48. The molecule has 0 aliphatic carbocycles. The first kappa shape index (κ1) is 14.3. The van der Waals surface area contributed by atoms with E-state index in [0.717, 1.165) is 0 Å². The van der Waals surface area contributed by atoms with Crippen LogP contribution in [0, 0.1) is 0 Å². The van der Waals surface area contributed by atoms with Crippen LogP contribution < -0.4 is 11.1 Å². The van der Waals surface area contributed by atoms with Crippen molar-refractivity contribution in [3.05, 3.63) is 28.8 Å². The zero-order valence-corrected chi connectivity index (χ0v) is 11.1. The lowest BCUT2D eigenvalue weighted by atomic mass is 10.2. The summed E-state index contributed by atoms with van der Waals surface area (Å²) in [7, 11) is 1.67. The Morgan fingerprint density at radius 3 is 2.72 bits per heavy atom. The van der Waals surface area contributed by atoms with E-state index in [0.29, 0.717) is 17.3 Å². The maximum absolute atomic E-state index is 11.8. The maximum Gasteiger partial charge on any atom is 0.253 e. The molecule has 6 heteroatoms. The van der Waals surface area contributed by atoms with Gasteiger partial charge in [0.1, 0.15) is 0 Å². The van der Waals surface area contributed by atoms with E-state index in [9.17, 15) is 9.59 Å². The first-order valence-corrected chi connectivity index (χ1v) is 5.90. The van der Waals surface area contributed by atoms with Gasteiger partial charge in [0.05, 0.1) is 17.1 Å². The summed E-state index contributed by atoms with van der Waals surface area (Å²) in [5.74, 6) is -0.573. The number of anilines is 1. The average Bonchev–Trinajstić information content (AvgIpc) is 2.37. The Kier molecular flexibility index (Phi) is 4.97. The number of nitrogen functional groups attached to an aromatic ring is 1. The Labute approximate surface area is 111 Å². The van der Waals surface area contributed by atoms with E-state index in [2.05, 4.69) is 5.32 Å². The molecule has 18 heavy (non-hydrogen) atoms. The number of nitrogens with two attached hydrogens (primary N) is 1. The SMILES string of the molecule is CCN(C)C(=O)CNC(=O)c1cc(N)ccc1Cl. The van der Waals surface area contributed by atoms with Crippen molar-refractivity contribution in [2.75, 3.05) is 25.9 Å². The number of halogens is 1. The third kappa shape index (κ3) is 3.63. The van der Waals surface area contributed by atoms with Gasteiger partial charge in [0, 0.05) is 19.3 Å². The summed E-state index contributed by atoms with van der Waals surface area (Å²) in [5.41, 5.74) is 6.29. The van der Waals surface area contributed by atoms with Gasteiger partial charge in [-0.3, -0.25) is 9.59 Å². The fourth-order valence-electron chi connectivity index (χ4n) is 1.28. The van der Waals surface area contributed by atoms with Crippen molar-refractivity contribution in [2.24, 2.45) is 0 Å². The molecule has 5 nitrogen and oxygen atoms in total. The molecule has 0 bridgehead atoms. The number of benzene rings is 1. The Morgan fingerprint density at radius 2 is 2.11 bits per heavy atom. The summed E-state index contributed by atoms with van der Waals surface area (Å²) in [5, 5.41) is 2.82. The summed E-state index contributed by atoms with van der Waals surface area (Å²) in [4.78, 5) is 24.8. The van der Waals surface area contributed by atoms with E-state index in [-0.39, 0.29) is 18.0 Å². The lowest BCUT2D eigenvalue weighted by molar-refractivity contribution is -0.128. The second-order valence-electron chi connectivity index (χ2n) is 3.83. The van der Waals surface area contributed by atoms with E-state index in [4.69, 9.17) is 17.3 Å². The first-order chi connectivity index (χ1) is 8.45. The molecule has 0 heterocycles. The van der Waals surface area contributed by atoms with Gasteiger partial charge in [0.15, 0.2) is 0 Å². The van der Waals surface area contributed by atoms with Crippen LogP contribution in [0.3, 0.4) is 0 Å². The van der Waals surface area contributed by atoms with Crippen LogP contribution in [-0.2, 0) is 4.79 Å². The lowest BCUT2D eigenvalue weighted by Crippen LogP contribution is -2.38. The molecule has 1 rings (SSSR count). The van der Waals surface area contributed by atoms with E-state index in [1.807, 2.05) is 6.92 Å². The van der Waals surface area contributed by atoms with Crippen LogP contribution in [0.25, 0.3) is 0 Å². The predicted molar refractivity (Wildman–Crippen MR) is 71.5 cm³/mol. The molecule has 3 N–H and O–H groups in total. The van der Waals surface area contributed by atoms with E-state index >= 15 is 0 Å². The predicted octanol–water partition coefficient (Wildman–Crippen LogP) is 1.13. The van der Waals surface area contributed by atoms with Crippen molar-refractivity contribution < 1.29 is 9.59 Å². The molecule has 2 amide bonds. The summed E-state index contributed by atoms with van der Waals surface area (Å²) < 4.78 is 0. The van der Waals surface area contributed by atoms with Crippen LogP contribution in [0.5, 0.6) is 0 Å². The third-order valence-electron chi connectivity index (χ3n) is 2.54. The summed E-state index contributed by atoms with van der Waals surface area (Å²) >= 11 is 5.88. The van der Waals surface area contributed by atoms with Gasteiger partial charge in [-0.05, 0) is 25.1 Å². The molecule has 0 spiro atoms. The smallest absolute Gasteiger partial charge is 0.253 e. The minimum Gasteiger partial charge on any atom is -0.399 e. The molecular weight excluding hydrogens is 254 g/mol. The van der Waals surface area contributed by atoms with Crippen LogP contribution in [0.1, 0.15) is 17.3 Å². The van der Waals surface area contributed by atoms with Gasteiger partial charge in [-0.2, -0.15) is 0 Å². The van der Waals surface area contributed by atoms with E-state index < -0.39 is 5.91 Å². The largest absolute Gasteiger partial charge is 0.399 e. The summed E-state index contributed by atoms with van der Waals surface area (Å²) in [6.45, 7) is 2.39. The first-order valence-electron chi connectivity index (χ1n) is 5.53. The fraction of sp³-hybridized carbons (Fsp3) is 0.333. The molecule has 0 fully saturated rings. The van der Waals surface area contributed by atoms with Crippen LogP contribution in [0.4, 0.5) is 5.69 Å². The molecule has 0 unspecified atom stereocenters. The molecule has 0 aliphatic rings. The molecule has 0 aliphatic heterocycles. The Hall–Kier alpha value is -1.75. The van der Waals surface area contributed by atoms with Crippen LogP contribution in [0.2, 0.25) is 5.02 Å². The Bertz CT molecular complexity index is 463. The van der Waals surface area contributed by atoms with Gasteiger partial charge < -0.3 is 16.0 Å². The van der Waals surface area contributed by atoms with Gasteiger partial charge in [0.25, 0.3) is 5.91 Å². The van der Waals surface area contributed by atoms with E-state index in [1.165, 1.54) is 11.0 Å². The molecule has 0 aromatic heterocycles. The highest BCUT2D eigenvalue weighted by molar-refractivity contribution is 6.34. The van der Waals surface area contributed by atoms with Crippen LogP contribution in [0.15, 0.2) is 18.2 Å². The minimum atomic E-state index is -0.412. The highest BCUT2D eigenvalue weighted by Crippen LogP contribution is 2.18. The van der Waals surface area contributed by atoms with Crippen molar-refractivity contribution in [3.63, 3.8) is 0 Å². The number of likely N-dealkylation sites (N-methyl/N-ethyl adjacent to an activating group) is 1. The molecule has 98 valence electrons. The van der Waals surface area contributed by atoms with Gasteiger partial charge in [-0.25, -0.2) is 0 Å². The van der Waals surface area contributed by atoms with Crippen LogP contribution in [-0.4, -0.2) is 36.9 Å². The van der Waals surface area contributed by atoms with E-state index in [1.54, 1.807) is 19.2 Å². The Balaban J connectivity index is 2.66. The highest BCUT2D eigenvalue weighted by atomic mass is 35.5. The lowest BCUT2D eigenvalue weighted by Gasteiger charge is -2.15. The molecule has 0 saturated carbocycles. The standard InChI is InChI=1S/C12H16ClN3O2/c1-3-16(2)11(17)7-15-12(18)9-6-8(14)4-5-10(9)13/h4-6H,3,7,14H2,1-2H3,(H,15,18). The average molecular weight is 270 g/mol. The number of carbonyl (C=O) groups excluding carboxylic acids is 2. The number of hydrogen-bond donors (Lipinski definition) is 2. The zero-order chi connectivity index (χ0) is 13.7. The molecule has 1 aromatic rings. The Morgan fingerprint density at radius 1 is 1.44 bits per heavy atom. The molecule has 1 aromatic carbocycles. The number of carbonyl (C=O) groups is 2. The van der Waals surface area contributed by atoms with Crippen molar-refractivity contribution in [3.8, 4) is 0 Å². The highest BCUT2D eigenvalue weighted by Gasteiger charge is 2.13. The number of nitrogens with one attached hydrogen (secondary N) is 1. The quantitative estimate of drug-likeness (QED) is 0.805. The van der Waals surface area contributed by atoms with Gasteiger partial charge in [-0.1, -0.05) is 11.6 Å². The van der Waals surface area contributed by atoms with Gasteiger partial charge in [-0.15, -0.1) is 0 Å². The van der Waals surface area contributed by atoms with Crippen molar-refractivity contribution in [1.82, 2.24) is 10.2 Å². The molecular formula is C12H16ClN3O2. The molecule has 0 atom stereocenters. The minimum absolute atomic E-state index is 0.0612. The second-order valence-corrected chi connectivity index (χ2v) is 4.24. The van der Waals surface area contributed by atoms with Gasteiger partial charge in [0.2, 0.25) is 5.91 Å². The van der Waals surface area contributed by atoms with Crippen molar-refractivity contribution >= 4 is 29.1 Å².